The molecule has 2 N–H and O–H groups in total. The van der Waals surface area contributed by atoms with Crippen LogP contribution in [0.2, 0.25) is 0 Å². The van der Waals surface area contributed by atoms with Crippen LogP contribution in [-0.4, -0.2) is 53.1 Å². The summed E-state index contributed by atoms with van der Waals surface area (Å²) >= 11 is 0. The Kier molecular flexibility index (Phi) is 6.28. The molecule has 132 valence electrons. The fraction of sp³-hybridized carbons (Fsp3) is 0.588. The molecular weight excluding hydrogens is 310 g/mol. The van der Waals surface area contributed by atoms with Gasteiger partial charge in [-0.05, 0) is 50.9 Å². The number of aliphatic hydroxyl groups is 1. The van der Waals surface area contributed by atoms with Crippen LogP contribution in [-0.2, 0) is 0 Å². The Morgan fingerprint density at radius 1 is 1.46 bits per heavy atom. The summed E-state index contributed by atoms with van der Waals surface area (Å²) in [6, 6.07) is 4.25. The average Bonchev–Trinajstić information content (AvgIpc) is 2.54. The Labute approximate surface area is 141 Å². The van der Waals surface area contributed by atoms with Crippen molar-refractivity contribution in [2.75, 3.05) is 26.2 Å². The van der Waals surface area contributed by atoms with Crippen molar-refractivity contribution >= 4 is 11.6 Å². The third-order valence-corrected chi connectivity index (χ3v) is 4.50. The smallest absolute Gasteiger partial charge is 0.272 e. The van der Waals surface area contributed by atoms with Gasteiger partial charge >= 0.3 is 0 Å². The molecule has 1 amide bonds. The van der Waals surface area contributed by atoms with Gasteiger partial charge in [-0.1, -0.05) is 6.92 Å². The normalized spacial score (nSPS) is 17.5. The van der Waals surface area contributed by atoms with Crippen molar-refractivity contribution in [3.05, 3.63) is 39.4 Å². The van der Waals surface area contributed by atoms with Gasteiger partial charge in [0.1, 0.15) is 0 Å². The van der Waals surface area contributed by atoms with E-state index in [1.807, 2.05) is 0 Å². The van der Waals surface area contributed by atoms with E-state index >= 15 is 0 Å². The molecule has 0 saturated carbocycles. The molecule has 24 heavy (non-hydrogen) atoms. The van der Waals surface area contributed by atoms with Gasteiger partial charge in [0.25, 0.3) is 11.6 Å². The summed E-state index contributed by atoms with van der Waals surface area (Å²) in [7, 11) is 0. The van der Waals surface area contributed by atoms with E-state index in [4.69, 9.17) is 0 Å². The molecule has 0 bridgehead atoms. The fourth-order valence-corrected chi connectivity index (χ4v) is 2.92. The lowest BCUT2D eigenvalue weighted by atomic mass is 9.99. The summed E-state index contributed by atoms with van der Waals surface area (Å²) in [5.74, 6) is 0.405. The highest BCUT2D eigenvalue weighted by Crippen LogP contribution is 2.19. The predicted molar refractivity (Wildman–Crippen MR) is 91.0 cm³/mol. The van der Waals surface area contributed by atoms with E-state index in [1.165, 1.54) is 18.2 Å². The minimum absolute atomic E-state index is 0.00842. The molecule has 1 aliphatic rings. The molecule has 1 saturated heterocycles. The van der Waals surface area contributed by atoms with Crippen LogP contribution >= 0.6 is 0 Å². The van der Waals surface area contributed by atoms with Gasteiger partial charge in [0.05, 0.1) is 11.0 Å². The Morgan fingerprint density at radius 2 is 2.12 bits per heavy atom. The number of nitro groups is 1. The number of piperidine rings is 1. The Bertz CT molecular complexity index is 597. The summed E-state index contributed by atoms with van der Waals surface area (Å²) < 4.78 is 0. The number of aryl methyl sites for hydroxylation is 1. The molecule has 1 aromatic carbocycles. The van der Waals surface area contributed by atoms with Gasteiger partial charge in [-0.3, -0.25) is 14.9 Å². The molecule has 2 rings (SSSR count). The highest BCUT2D eigenvalue weighted by atomic mass is 16.6. The highest BCUT2D eigenvalue weighted by molar-refractivity contribution is 5.94. The molecule has 7 heteroatoms. The number of likely N-dealkylation sites (tertiary alicyclic amines) is 1. The van der Waals surface area contributed by atoms with Crippen molar-refractivity contribution in [2.24, 2.45) is 5.92 Å². The molecule has 0 spiro atoms. The van der Waals surface area contributed by atoms with Crippen molar-refractivity contribution in [3.63, 3.8) is 0 Å². The average molecular weight is 335 g/mol. The molecule has 1 aromatic rings. The molecule has 1 atom stereocenters. The van der Waals surface area contributed by atoms with Gasteiger partial charge in [-0.25, -0.2) is 0 Å². The van der Waals surface area contributed by atoms with Crippen LogP contribution in [0.4, 0.5) is 5.69 Å². The molecule has 1 heterocycles. The van der Waals surface area contributed by atoms with Gasteiger partial charge < -0.3 is 15.3 Å². The number of nitro benzene ring substituents is 1. The van der Waals surface area contributed by atoms with Gasteiger partial charge in [-0.15, -0.1) is 0 Å². The number of aliphatic hydroxyl groups excluding tert-OH is 1. The summed E-state index contributed by atoms with van der Waals surface area (Å²) in [5.41, 5.74) is 0.790. The second-order valence-electron chi connectivity index (χ2n) is 6.61. The van der Waals surface area contributed by atoms with Crippen LogP contribution in [0.15, 0.2) is 18.2 Å². The number of carbonyl (C=O) groups is 1. The van der Waals surface area contributed by atoms with E-state index < -0.39 is 11.0 Å². The third kappa shape index (κ3) is 5.01. The van der Waals surface area contributed by atoms with E-state index in [9.17, 15) is 20.0 Å². The van der Waals surface area contributed by atoms with Crippen molar-refractivity contribution < 1.29 is 14.8 Å². The zero-order chi connectivity index (χ0) is 17.7. The number of benzene rings is 1. The lowest BCUT2D eigenvalue weighted by molar-refractivity contribution is -0.385. The highest BCUT2D eigenvalue weighted by Gasteiger charge is 2.19. The lowest BCUT2D eigenvalue weighted by Crippen LogP contribution is -2.43. The first-order valence-electron chi connectivity index (χ1n) is 8.30. The molecule has 0 aliphatic carbocycles. The molecule has 1 unspecified atom stereocenters. The van der Waals surface area contributed by atoms with Crippen LogP contribution in [0.5, 0.6) is 0 Å². The number of nitrogens with one attached hydrogen (secondary N) is 1. The van der Waals surface area contributed by atoms with Crippen molar-refractivity contribution in [2.45, 2.75) is 32.8 Å². The summed E-state index contributed by atoms with van der Waals surface area (Å²) in [6.07, 6.45) is 1.66. The molecule has 1 aliphatic heterocycles. The van der Waals surface area contributed by atoms with Crippen LogP contribution in [0, 0.1) is 23.0 Å². The maximum atomic E-state index is 12.1. The minimum atomic E-state index is -0.624. The number of amides is 1. The van der Waals surface area contributed by atoms with Crippen LogP contribution in [0.25, 0.3) is 0 Å². The van der Waals surface area contributed by atoms with E-state index in [2.05, 4.69) is 17.1 Å². The largest absolute Gasteiger partial charge is 0.390 e. The fourth-order valence-electron chi connectivity index (χ4n) is 2.92. The number of carbonyl (C=O) groups excluding carboxylic acids is 1. The van der Waals surface area contributed by atoms with Crippen molar-refractivity contribution in [1.82, 2.24) is 10.2 Å². The monoisotopic (exact) mass is 335 g/mol. The maximum Gasteiger partial charge on any atom is 0.272 e. The Hall–Kier alpha value is -1.99. The summed E-state index contributed by atoms with van der Waals surface area (Å²) in [5, 5.41) is 23.6. The first kappa shape index (κ1) is 18.4. The second-order valence-corrected chi connectivity index (χ2v) is 6.61. The van der Waals surface area contributed by atoms with Gasteiger partial charge in [0.15, 0.2) is 0 Å². The standard InChI is InChI=1S/C17H25N3O4/c1-12-5-7-19(8-6-12)11-15(21)10-18-17(22)14-3-4-16(20(23)24)13(2)9-14/h3-4,9,12,15,21H,5-8,10-11H2,1-2H3,(H,18,22). The van der Waals surface area contributed by atoms with Crippen LogP contribution in [0.3, 0.4) is 0 Å². The van der Waals surface area contributed by atoms with E-state index in [0.29, 0.717) is 17.7 Å². The first-order chi connectivity index (χ1) is 11.4. The quantitative estimate of drug-likeness (QED) is 0.610. The molecule has 0 aromatic heterocycles. The second kappa shape index (κ2) is 8.21. The lowest BCUT2D eigenvalue weighted by Gasteiger charge is -2.31. The maximum absolute atomic E-state index is 12.1. The Balaban J connectivity index is 1.82. The zero-order valence-electron chi connectivity index (χ0n) is 14.2. The summed E-state index contributed by atoms with van der Waals surface area (Å²) in [4.78, 5) is 24.6. The minimum Gasteiger partial charge on any atom is -0.390 e. The number of hydrogen-bond donors (Lipinski definition) is 2. The molecule has 0 radical (unpaired) electrons. The number of β-amino-alcohol motifs (C(OH)–C–C–N with tert-alkyl or cyclic N) is 1. The van der Waals surface area contributed by atoms with Gasteiger partial charge in [0, 0.05) is 30.3 Å². The number of rotatable bonds is 6. The number of nitrogens with zero attached hydrogens (tertiary/aromatic N) is 2. The van der Waals surface area contributed by atoms with Gasteiger partial charge in [-0.2, -0.15) is 0 Å². The SMILES string of the molecule is Cc1cc(C(=O)NCC(O)CN2CCC(C)CC2)ccc1[N+](=O)[O-]. The third-order valence-electron chi connectivity index (χ3n) is 4.50. The van der Waals surface area contributed by atoms with E-state index in [1.54, 1.807) is 6.92 Å². The van der Waals surface area contributed by atoms with Crippen molar-refractivity contribution in [1.29, 1.82) is 0 Å². The number of hydrogen-bond acceptors (Lipinski definition) is 5. The molecule has 1 fully saturated rings. The van der Waals surface area contributed by atoms with E-state index in [-0.39, 0.29) is 18.1 Å². The topological polar surface area (TPSA) is 95.7 Å². The van der Waals surface area contributed by atoms with E-state index in [0.717, 1.165) is 31.8 Å². The predicted octanol–water partition coefficient (Wildman–Crippen LogP) is 1.73. The van der Waals surface area contributed by atoms with Gasteiger partial charge in [0.2, 0.25) is 0 Å². The Morgan fingerprint density at radius 3 is 2.71 bits per heavy atom. The molecular formula is C17H25N3O4. The van der Waals surface area contributed by atoms with Crippen LogP contribution < -0.4 is 5.32 Å². The first-order valence-corrected chi connectivity index (χ1v) is 8.30. The molecule has 7 nitrogen and oxygen atoms in total. The van der Waals surface area contributed by atoms with Crippen LogP contribution in [0.1, 0.15) is 35.7 Å². The zero-order valence-corrected chi connectivity index (χ0v) is 14.2. The summed E-state index contributed by atoms with van der Waals surface area (Å²) in [6.45, 7) is 6.51. The van der Waals surface area contributed by atoms with Crippen molar-refractivity contribution in [3.8, 4) is 0 Å².